The van der Waals surface area contributed by atoms with E-state index in [4.69, 9.17) is 21.3 Å². The van der Waals surface area contributed by atoms with E-state index in [9.17, 15) is 4.79 Å². The normalized spacial score (nSPS) is 20.1. The number of hydrogen-bond acceptors (Lipinski definition) is 6. The number of piperidine rings is 1. The maximum absolute atomic E-state index is 12.8. The smallest absolute Gasteiger partial charge is 0.229 e. The zero-order chi connectivity index (χ0) is 22.3. The van der Waals surface area contributed by atoms with Crippen molar-refractivity contribution in [2.75, 3.05) is 50.0 Å². The molecule has 1 amide bonds. The molecule has 2 aliphatic heterocycles. The number of carbonyl (C=O) groups is 1. The molecule has 2 fully saturated rings. The van der Waals surface area contributed by atoms with Crippen LogP contribution >= 0.6 is 11.6 Å². The molecule has 0 spiro atoms. The van der Waals surface area contributed by atoms with E-state index >= 15 is 0 Å². The van der Waals surface area contributed by atoms with Crippen molar-refractivity contribution >= 4 is 29.1 Å². The highest BCUT2D eigenvalue weighted by Crippen LogP contribution is 2.29. The van der Waals surface area contributed by atoms with Crippen LogP contribution in [0.4, 0.5) is 11.6 Å². The van der Waals surface area contributed by atoms with Gasteiger partial charge in [-0.15, -0.1) is 0 Å². The third-order valence-electron chi connectivity index (χ3n) is 6.37. The predicted molar refractivity (Wildman–Crippen MR) is 128 cm³/mol. The molecular formula is C24H32ClN5O2. The van der Waals surface area contributed by atoms with E-state index in [0.29, 0.717) is 16.8 Å². The van der Waals surface area contributed by atoms with Gasteiger partial charge in [-0.3, -0.25) is 4.79 Å². The Kier molecular flexibility index (Phi) is 7.95. The van der Waals surface area contributed by atoms with Crippen LogP contribution in [0.15, 0.2) is 30.5 Å². The number of carbonyl (C=O) groups excluding carboxylic acids is 1. The largest absolute Gasteiger partial charge is 0.381 e. The van der Waals surface area contributed by atoms with Gasteiger partial charge in [-0.05, 0) is 62.9 Å². The van der Waals surface area contributed by atoms with Gasteiger partial charge >= 0.3 is 0 Å². The third-order valence-corrected chi connectivity index (χ3v) is 6.67. The number of halogens is 1. The summed E-state index contributed by atoms with van der Waals surface area (Å²) in [6.45, 7) is 7.50. The molecule has 8 heteroatoms. The van der Waals surface area contributed by atoms with Crippen molar-refractivity contribution in [3.8, 4) is 11.3 Å². The Morgan fingerprint density at radius 3 is 2.91 bits per heavy atom. The highest BCUT2D eigenvalue weighted by molar-refractivity contribution is 6.33. The molecule has 4 heterocycles. The van der Waals surface area contributed by atoms with Gasteiger partial charge in [0.25, 0.3) is 0 Å². The molecule has 0 radical (unpaired) electrons. The Hall–Kier alpha value is -2.22. The van der Waals surface area contributed by atoms with Crippen LogP contribution in [0.3, 0.4) is 0 Å². The maximum atomic E-state index is 12.8. The van der Waals surface area contributed by atoms with E-state index in [1.807, 2.05) is 24.3 Å². The first-order valence-corrected chi connectivity index (χ1v) is 12.0. The van der Waals surface area contributed by atoms with Gasteiger partial charge in [0.15, 0.2) is 0 Å². The summed E-state index contributed by atoms with van der Waals surface area (Å²) in [5.41, 5.74) is 1.50. The number of aromatic nitrogens is 2. The average Bonchev–Trinajstić information content (AvgIpc) is 2.84. The Labute approximate surface area is 194 Å². The number of hydrogen-bond donors (Lipinski definition) is 2. The van der Waals surface area contributed by atoms with Crippen LogP contribution in [-0.2, 0) is 9.53 Å². The van der Waals surface area contributed by atoms with Gasteiger partial charge in [-0.25, -0.2) is 9.97 Å². The zero-order valence-corrected chi connectivity index (χ0v) is 19.4. The number of amides is 1. The fourth-order valence-electron chi connectivity index (χ4n) is 4.37. The van der Waals surface area contributed by atoms with Crippen molar-refractivity contribution in [1.29, 1.82) is 0 Å². The van der Waals surface area contributed by atoms with E-state index in [-0.39, 0.29) is 11.8 Å². The number of nitrogens with one attached hydrogen (secondary N) is 2. The van der Waals surface area contributed by atoms with Crippen molar-refractivity contribution in [2.24, 2.45) is 11.8 Å². The molecule has 1 atom stereocenters. The number of anilines is 2. The van der Waals surface area contributed by atoms with Gasteiger partial charge in [0, 0.05) is 38.1 Å². The minimum Gasteiger partial charge on any atom is -0.381 e. The number of likely N-dealkylation sites (tertiary alicyclic amines) is 1. The van der Waals surface area contributed by atoms with Gasteiger partial charge in [-0.1, -0.05) is 24.6 Å². The Bertz CT molecular complexity index is 919. The second-order valence-electron chi connectivity index (χ2n) is 8.62. The summed E-state index contributed by atoms with van der Waals surface area (Å²) in [7, 11) is 0. The maximum Gasteiger partial charge on any atom is 0.229 e. The first-order chi connectivity index (χ1) is 15.6. The summed E-state index contributed by atoms with van der Waals surface area (Å²) < 4.78 is 5.43. The Balaban J connectivity index is 1.43. The lowest BCUT2D eigenvalue weighted by Crippen LogP contribution is -2.40. The molecule has 0 saturated carbocycles. The lowest BCUT2D eigenvalue weighted by molar-refractivity contribution is -0.121. The molecule has 172 valence electrons. The molecule has 2 N–H and O–H groups in total. The molecular weight excluding hydrogens is 426 g/mol. The van der Waals surface area contributed by atoms with Gasteiger partial charge in [0.05, 0.1) is 16.6 Å². The molecule has 2 aliphatic rings. The summed E-state index contributed by atoms with van der Waals surface area (Å²) in [5.74, 6) is 1.92. The summed E-state index contributed by atoms with van der Waals surface area (Å²) in [6, 6.07) is 7.66. The highest BCUT2D eigenvalue weighted by Gasteiger charge is 2.25. The minimum absolute atomic E-state index is 0.0135. The minimum atomic E-state index is -0.0135. The second-order valence-corrected chi connectivity index (χ2v) is 9.02. The molecule has 7 nitrogen and oxygen atoms in total. The summed E-state index contributed by atoms with van der Waals surface area (Å²) in [6.07, 6.45) is 5.68. The molecule has 0 aromatic carbocycles. The van der Waals surface area contributed by atoms with Crippen LogP contribution in [0, 0.1) is 11.8 Å². The third kappa shape index (κ3) is 5.97. The quantitative estimate of drug-likeness (QED) is 0.645. The van der Waals surface area contributed by atoms with E-state index in [2.05, 4.69) is 27.4 Å². The predicted octanol–water partition coefficient (Wildman–Crippen LogP) is 4.31. The van der Waals surface area contributed by atoms with Crippen LogP contribution in [0.1, 0.15) is 32.6 Å². The summed E-state index contributed by atoms with van der Waals surface area (Å²) in [5, 5.41) is 6.94. The van der Waals surface area contributed by atoms with Crippen molar-refractivity contribution in [3.63, 3.8) is 0 Å². The van der Waals surface area contributed by atoms with Gasteiger partial charge < -0.3 is 20.3 Å². The van der Waals surface area contributed by atoms with Crippen molar-refractivity contribution in [1.82, 2.24) is 14.9 Å². The number of rotatable bonds is 7. The van der Waals surface area contributed by atoms with Crippen LogP contribution in [-0.4, -0.2) is 60.2 Å². The Morgan fingerprint density at radius 2 is 2.09 bits per heavy atom. The number of nitrogens with zero attached hydrogens (tertiary/aromatic N) is 3. The van der Waals surface area contributed by atoms with E-state index in [1.165, 1.54) is 0 Å². The van der Waals surface area contributed by atoms with Crippen LogP contribution in [0.5, 0.6) is 0 Å². The van der Waals surface area contributed by atoms with Gasteiger partial charge in [-0.2, -0.15) is 0 Å². The topological polar surface area (TPSA) is 79.4 Å². The standard InChI is InChI=1S/C24H32ClN5O2/c1-2-30-10-4-5-18(16-30)24(31)29-23-13-19(20(25)15-27-23)21-6-3-7-22(28-21)26-14-17-8-11-32-12-9-17/h3,6-7,13,15,17-18H,2,4-5,8-12,14,16H2,1H3,(H,26,28)(H,27,29,31). The lowest BCUT2D eigenvalue weighted by Gasteiger charge is -2.30. The number of pyridine rings is 2. The Morgan fingerprint density at radius 1 is 1.25 bits per heavy atom. The number of ether oxygens (including phenoxy) is 1. The van der Waals surface area contributed by atoms with Crippen LogP contribution in [0.2, 0.25) is 5.02 Å². The zero-order valence-electron chi connectivity index (χ0n) is 18.6. The second kappa shape index (κ2) is 11.1. The molecule has 4 rings (SSSR count). The van der Waals surface area contributed by atoms with E-state index in [0.717, 1.165) is 82.2 Å². The monoisotopic (exact) mass is 457 g/mol. The lowest BCUT2D eigenvalue weighted by atomic mass is 9.97. The fraction of sp³-hybridized carbons (Fsp3) is 0.542. The molecule has 0 bridgehead atoms. The first kappa shape index (κ1) is 23.0. The molecule has 2 aromatic rings. The van der Waals surface area contributed by atoms with E-state index < -0.39 is 0 Å². The van der Waals surface area contributed by atoms with Crippen LogP contribution < -0.4 is 10.6 Å². The van der Waals surface area contributed by atoms with Crippen molar-refractivity contribution in [3.05, 3.63) is 35.5 Å². The summed E-state index contributed by atoms with van der Waals surface area (Å²) in [4.78, 5) is 24.2. The highest BCUT2D eigenvalue weighted by atomic mass is 35.5. The summed E-state index contributed by atoms with van der Waals surface area (Å²) >= 11 is 6.45. The van der Waals surface area contributed by atoms with Gasteiger partial charge in [0.2, 0.25) is 5.91 Å². The molecule has 0 aliphatic carbocycles. The molecule has 2 aromatic heterocycles. The molecule has 2 saturated heterocycles. The molecule has 32 heavy (non-hydrogen) atoms. The van der Waals surface area contributed by atoms with E-state index in [1.54, 1.807) is 6.20 Å². The molecule has 1 unspecified atom stereocenters. The first-order valence-electron chi connectivity index (χ1n) is 11.6. The average molecular weight is 458 g/mol. The van der Waals surface area contributed by atoms with Crippen molar-refractivity contribution in [2.45, 2.75) is 32.6 Å². The van der Waals surface area contributed by atoms with Crippen LogP contribution in [0.25, 0.3) is 11.3 Å². The van der Waals surface area contributed by atoms with Gasteiger partial charge in [0.1, 0.15) is 11.6 Å². The fourth-order valence-corrected chi connectivity index (χ4v) is 4.57. The SMILES string of the molecule is CCN1CCCC(C(=O)Nc2cc(-c3cccc(NCC4CCOCC4)n3)c(Cl)cn2)C1. The van der Waals surface area contributed by atoms with Crippen molar-refractivity contribution < 1.29 is 9.53 Å².